The van der Waals surface area contributed by atoms with Gasteiger partial charge >= 0.3 is 0 Å². The largest absolute Gasteiger partial charge is 0.396 e. The summed E-state index contributed by atoms with van der Waals surface area (Å²) < 4.78 is 26.2. The van der Waals surface area contributed by atoms with Crippen molar-refractivity contribution in [1.82, 2.24) is 5.32 Å². The van der Waals surface area contributed by atoms with E-state index in [0.29, 0.717) is 0 Å². The standard InChI is InChI=1S/C16H25F2NO/c1-4-16(5-2,8-9-20)11-19-12(3)13-6-7-14(17)15(18)10-13/h6-7,10,12,19-20H,4-5,8-9,11H2,1-3H3. The van der Waals surface area contributed by atoms with Crippen molar-refractivity contribution >= 4 is 0 Å². The molecule has 4 heteroatoms. The number of aliphatic hydroxyl groups is 1. The molecule has 1 atom stereocenters. The van der Waals surface area contributed by atoms with Gasteiger partial charge in [-0.2, -0.15) is 0 Å². The summed E-state index contributed by atoms with van der Waals surface area (Å²) in [4.78, 5) is 0. The average molecular weight is 285 g/mol. The molecular formula is C16H25F2NO. The van der Waals surface area contributed by atoms with Crippen LogP contribution in [0.3, 0.4) is 0 Å². The van der Waals surface area contributed by atoms with Crippen molar-refractivity contribution in [3.05, 3.63) is 35.4 Å². The van der Waals surface area contributed by atoms with Crippen LogP contribution in [0.5, 0.6) is 0 Å². The maximum atomic E-state index is 13.2. The molecule has 0 spiro atoms. The van der Waals surface area contributed by atoms with Gasteiger partial charge < -0.3 is 10.4 Å². The molecule has 0 radical (unpaired) electrons. The lowest BCUT2D eigenvalue weighted by atomic mass is 9.79. The van der Waals surface area contributed by atoms with Crippen LogP contribution in [0.1, 0.15) is 51.6 Å². The van der Waals surface area contributed by atoms with Crippen LogP contribution < -0.4 is 5.32 Å². The van der Waals surface area contributed by atoms with E-state index in [1.54, 1.807) is 6.07 Å². The Bertz CT molecular complexity index is 419. The highest BCUT2D eigenvalue weighted by Crippen LogP contribution is 2.30. The molecule has 0 aromatic heterocycles. The maximum Gasteiger partial charge on any atom is 0.159 e. The molecule has 2 N–H and O–H groups in total. The summed E-state index contributed by atoms with van der Waals surface area (Å²) in [6.07, 6.45) is 2.70. The number of aliphatic hydroxyl groups excluding tert-OH is 1. The molecule has 1 aromatic rings. The fourth-order valence-electron chi connectivity index (χ4n) is 2.45. The summed E-state index contributed by atoms with van der Waals surface area (Å²) in [6.45, 7) is 7.08. The molecule has 1 unspecified atom stereocenters. The van der Waals surface area contributed by atoms with Crippen molar-refractivity contribution in [3.8, 4) is 0 Å². The van der Waals surface area contributed by atoms with E-state index in [1.807, 2.05) is 6.92 Å². The molecule has 20 heavy (non-hydrogen) atoms. The van der Waals surface area contributed by atoms with Gasteiger partial charge in [-0.1, -0.05) is 19.9 Å². The van der Waals surface area contributed by atoms with E-state index in [2.05, 4.69) is 19.2 Å². The Kier molecular flexibility index (Phi) is 6.56. The van der Waals surface area contributed by atoms with Gasteiger partial charge in [-0.05, 0) is 49.3 Å². The van der Waals surface area contributed by atoms with Crippen molar-refractivity contribution in [2.75, 3.05) is 13.2 Å². The van der Waals surface area contributed by atoms with Gasteiger partial charge in [-0.25, -0.2) is 8.78 Å². The minimum atomic E-state index is -0.822. The number of halogens is 2. The summed E-state index contributed by atoms with van der Waals surface area (Å²) in [7, 11) is 0. The Morgan fingerprint density at radius 2 is 1.85 bits per heavy atom. The third-order valence-corrected chi connectivity index (χ3v) is 4.37. The average Bonchev–Trinajstić information content (AvgIpc) is 2.46. The normalized spacial score (nSPS) is 13.5. The van der Waals surface area contributed by atoms with Crippen molar-refractivity contribution in [2.45, 2.75) is 46.1 Å². The molecule has 0 saturated heterocycles. The van der Waals surface area contributed by atoms with E-state index < -0.39 is 11.6 Å². The summed E-state index contributed by atoms with van der Waals surface area (Å²) >= 11 is 0. The van der Waals surface area contributed by atoms with Crippen LogP contribution in [0.2, 0.25) is 0 Å². The summed E-state index contributed by atoms with van der Waals surface area (Å²) in [6, 6.07) is 3.94. The number of nitrogens with one attached hydrogen (secondary N) is 1. The first-order valence-electron chi connectivity index (χ1n) is 7.27. The molecule has 1 rings (SSSR count). The highest BCUT2D eigenvalue weighted by molar-refractivity contribution is 5.20. The van der Waals surface area contributed by atoms with Gasteiger partial charge in [0, 0.05) is 19.2 Å². The lowest BCUT2D eigenvalue weighted by molar-refractivity contribution is 0.160. The second kappa shape index (κ2) is 7.70. The zero-order chi connectivity index (χ0) is 15.2. The smallest absolute Gasteiger partial charge is 0.159 e. The predicted molar refractivity (Wildman–Crippen MR) is 77.5 cm³/mol. The number of hydrogen-bond donors (Lipinski definition) is 2. The van der Waals surface area contributed by atoms with Crippen LogP contribution in [-0.4, -0.2) is 18.3 Å². The van der Waals surface area contributed by atoms with Crippen LogP contribution in [0.25, 0.3) is 0 Å². The van der Waals surface area contributed by atoms with Gasteiger partial charge in [0.25, 0.3) is 0 Å². The first-order chi connectivity index (χ1) is 9.48. The molecule has 0 aliphatic heterocycles. The van der Waals surface area contributed by atoms with E-state index in [4.69, 9.17) is 0 Å². The Balaban J connectivity index is 2.69. The quantitative estimate of drug-likeness (QED) is 0.761. The van der Waals surface area contributed by atoms with Gasteiger partial charge in [-0.3, -0.25) is 0 Å². The van der Waals surface area contributed by atoms with Crippen LogP contribution >= 0.6 is 0 Å². The zero-order valence-electron chi connectivity index (χ0n) is 12.5. The predicted octanol–water partition coefficient (Wildman–Crippen LogP) is 3.80. The first kappa shape index (κ1) is 17.1. The van der Waals surface area contributed by atoms with Crippen molar-refractivity contribution < 1.29 is 13.9 Å². The topological polar surface area (TPSA) is 32.3 Å². The monoisotopic (exact) mass is 285 g/mol. The summed E-state index contributed by atoms with van der Waals surface area (Å²) in [5.41, 5.74) is 0.788. The highest BCUT2D eigenvalue weighted by Gasteiger charge is 2.26. The molecule has 0 aliphatic carbocycles. The molecular weight excluding hydrogens is 260 g/mol. The van der Waals surface area contributed by atoms with Crippen molar-refractivity contribution in [1.29, 1.82) is 0 Å². The van der Waals surface area contributed by atoms with E-state index >= 15 is 0 Å². The molecule has 0 aliphatic rings. The molecule has 0 fully saturated rings. The van der Waals surface area contributed by atoms with Gasteiger partial charge in [0.2, 0.25) is 0 Å². The lowest BCUT2D eigenvalue weighted by Crippen LogP contribution is -2.35. The Morgan fingerprint density at radius 3 is 2.35 bits per heavy atom. The maximum absolute atomic E-state index is 13.2. The van der Waals surface area contributed by atoms with Gasteiger partial charge in [0.05, 0.1) is 0 Å². The van der Waals surface area contributed by atoms with Gasteiger partial charge in [-0.15, -0.1) is 0 Å². The van der Waals surface area contributed by atoms with Crippen LogP contribution in [0, 0.1) is 17.0 Å². The number of hydrogen-bond acceptors (Lipinski definition) is 2. The Labute approximate surface area is 120 Å². The van der Waals surface area contributed by atoms with Crippen LogP contribution in [0.4, 0.5) is 8.78 Å². The second-order valence-corrected chi connectivity index (χ2v) is 5.46. The minimum absolute atomic E-state index is 0.0544. The van der Waals surface area contributed by atoms with E-state index in [-0.39, 0.29) is 18.1 Å². The third kappa shape index (κ3) is 4.25. The van der Waals surface area contributed by atoms with E-state index in [9.17, 15) is 13.9 Å². The second-order valence-electron chi connectivity index (χ2n) is 5.46. The summed E-state index contributed by atoms with van der Waals surface area (Å²) in [5, 5.41) is 12.6. The van der Waals surface area contributed by atoms with Gasteiger partial charge in [0.1, 0.15) is 0 Å². The van der Waals surface area contributed by atoms with Gasteiger partial charge in [0.15, 0.2) is 11.6 Å². The van der Waals surface area contributed by atoms with Crippen molar-refractivity contribution in [3.63, 3.8) is 0 Å². The molecule has 1 aromatic carbocycles. The fourth-order valence-corrected chi connectivity index (χ4v) is 2.45. The number of rotatable bonds is 8. The molecule has 0 amide bonds. The van der Waals surface area contributed by atoms with E-state index in [1.165, 1.54) is 6.07 Å². The first-order valence-corrected chi connectivity index (χ1v) is 7.27. The lowest BCUT2D eigenvalue weighted by Gasteiger charge is -2.33. The Hall–Kier alpha value is -1.00. The SMILES string of the molecule is CCC(CC)(CCO)CNC(C)c1ccc(F)c(F)c1. The Morgan fingerprint density at radius 1 is 1.20 bits per heavy atom. The fraction of sp³-hybridized carbons (Fsp3) is 0.625. The van der Waals surface area contributed by atoms with Crippen LogP contribution in [0.15, 0.2) is 18.2 Å². The van der Waals surface area contributed by atoms with Crippen molar-refractivity contribution in [2.24, 2.45) is 5.41 Å². The summed E-state index contributed by atoms with van der Waals surface area (Å²) in [5.74, 6) is -1.64. The molecule has 2 nitrogen and oxygen atoms in total. The molecule has 0 heterocycles. The molecule has 0 bridgehead atoms. The molecule has 0 saturated carbocycles. The zero-order valence-corrected chi connectivity index (χ0v) is 12.5. The highest BCUT2D eigenvalue weighted by atomic mass is 19.2. The third-order valence-electron chi connectivity index (χ3n) is 4.37. The molecule has 114 valence electrons. The number of benzene rings is 1. The van der Waals surface area contributed by atoms with Crippen LogP contribution in [-0.2, 0) is 0 Å². The van der Waals surface area contributed by atoms with E-state index in [0.717, 1.165) is 37.4 Å². The minimum Gasteiger partial charge on any atom is -0.396 e.